The van der Waals surface area contributed by atoms with E-state index in [0.717, 1.165) is 55.7 Å². The van der Waals surface area contributed by atoms with Crippen molar-refractivity contribution >= 4 is 27.4 Å². The van der Waals surface area contributed by atoms with Gasteiger partial charge in [-0.05, 0) is 49.7 Å². The minimum Gasteiger partial charge on any atom is -0.508 e. The lowest BCUT2D eigenvalue weighted by Crippen LogP contribution is -2.51. The number of piperazine rings is 1. The number of anilines is 1. The molecular formula is C33H32F2N6O3. The quantitative estimate of drug-likeness (QED) is 0.337. The van der Waals surface area contributed by atoms with Crippen molar-refractivity contribution in [3.8, 4) is 29.7 Å². The first-order valence-electron chi connectivity index (χ1n) is 15.2. The minimum absolute atomic E-state index is 0.0311. The van der Waals surface area contributed by atoms with Crippen LogP contribution in [0.5, 0.6) is 11.6 Å². The van der Waals surface area contributed by atoms with E-state index in [1.54, 1.807) is 6.20 Å². The molecule has 44 heavy (non-hydrogen) atoms. The molecule has 2 aromatic heterocycles. The summed E-state index contributed by atoms with van der Waals surface area (Å²) in [4.78, 5) is 23.4. The molecule has 2 aromatic carbocycles. The van der Waals surface area contributed by atoms with Gasteiger partial charge in [0.2, 0.25) is 5.88 Å². The van der Waals surface area contributed by atoms with E-state index in [0.29, 0.717) is 35.8 Å². The first kappa shape index (κ1) is 27.3. The highest BCUT2D eigenvalue weighted by molar-refractivity contribution is 5.97. The molecule has 0 spiro atoms. The van der Waals surface area contributed by atoms with Gasteiger partial charge in [-0.25, -0.2) is 13.8 Å². The minimum atomic E-state index is -0.886. The van der Waals surface area contributed by atoms with Crippen LogP contribution in [0, 0.1) is 18.2 Å². The molecule has 0 amide bonds. The number of alkyl halides is 1. The molecule has 9 nitrogen and oxygen atoms in total. The third-order valence-electron chi connectivity index (χ3n) is 9.92. The van der Waals surface area contributed by atoms with E-state index >= 15 is 0 Å². The fraction of sp³-hybridized carbons (Fsp3) is 0.424. The van der Waals surface area contributed by atoms with Crippen LogP contribution in [0.3, 0.4) is 0 Å². The smallest absolute Gasteiger partial charge is 0.298 e. The van der Waals surface area contributed by atoms with Crippen LogP contribution in [0.4, 0.5) is 14.5 Å². The number of aromatic nitrogens is 3. The average molecular weight is 599 g/mol. The number of phenols is 1. The summed E-state index contributed by atoms with van der Waals surface area (Å²) in [7, 11) is 0. The predicted octanol–water partition coefficient (Wildman–Crippen LogP) is 3.66. The lowest BCUT2D eigenvalue weighted by molar-refractivity contribution is 0.111. The SMILES string of the molecule is C#Cc1c(F)ccc2cc(O)cc(-n3ncc4c(N5CC6CCC(C5)N6)cc(OC[C@@]56CCCN5C[C@H](F)C6)nc4c3=O)c12. The standard InChI is InChI=1S/C33H32F2N6O3/c1-2-24-26(35)7-4-19-10-23(42)11-28(30(19)24)41-32(43)31-25(14-36-41)27(39-16-21-5-6-22(17-39)37-21)12-29(38-31)44-18-33-8-3-9-40(33)15-20(34)13-33/h1,4,7,10-12,14,20-22,37,42H,3,5-6,8-9,13,15-18H2/t20-,21?,22?,33+/m1/s1. The van der Waals surface area contributed by atoms with Gasteiger partial charge in [-0.15, -0.1) is 6.42 Å². The van der Waals surface area contributed by atoms with E-state index in [9.17, 15) is 18.7 Å². The van der Waals surface area contributed by atoms with E-state index < -0.39 is 17.5 Å². The Hall–Kier alpha value is -4.27. The summed E-state index contributed by atoms with van der Waals surface area (Å²) in [6, 6.07) is 8.09. The fourth-order valence-electron chi connectivity index (χ4n) is 7.95. The number of rotatable bonds is 5. The van der Waals surface area contributed by atoms with Crippen molar-refractivity contribution in [2.45, 2.75) is 55.9 Å². The van der Waals surface area contributed by atoms with Gasteiger partial charge in [-0.2, -0.15) is 9.78 Å². The Morgan fingerprint density at radius 3 is 2.77 bits per heavy atom. The van der Waals surface area contributed by atoms with E-state index in [-0.39, 0.29) is 45.9 Å². The summed E-state index contributed by atoms with van der Waals surface area (Å²) < 4.78 is 36.7. The molecule has 2 unspecified atom stereocenters. The van der Waals surface area contributed by atoms with Crippen molar-refractivity contribution < 1.29 is 18.6 Å². The number of hydrogen-bond donors (Lipinski definition) is 2. The van der Waals surface area contributed by atoms with Crippen LogP contribution in [-0.2, 0) is 0 Å². The molecule has 4 fully saturated rings. The van der Waals surface area contributed by atoms with Crippen molar-refractivity contribution in [2.75, 3.05) is 37.7 Å². The van der Waals surface area contributed by atoms with Crippen molar-refractivity contribution in [2.24, 2.45) is 0 Å². The molecule has 0 radical (unpaired) electrons. The molecule has 2 bridgehead atoms. The number of halogens is 2. The van der Waals surface area contributed by atoms with Gasteiger partial charge in [0, 0.05) is 61.0 Å². The first-order chi connectivity index (χ1) is 21.3. The number of terminal acetylenes is 1. The number of nitrogens with one attached hydrogen (secondary N) is 1. The number of fused-ring (bicyclic) bond motifs is 5. The molecule has 4 aliphatic rings. The highest BCUT2D eigenvalue weighted by atomic mass is 19.1. The Bertz CT molecular complexity index is 1910. The number of pyridine rings is 1. The molecule has 4 aliphatic heterocycles. The summed E-state index contributed by atoms with van der Waals surface area (Å²) in [5.74, 6) is 1.93. The Balaban J connectivity index is 1.28. The van der Waals surface area contributed by atoms with Crippen LogP contribution >= 0.6 is 0 Å². The summed E-state index contributed by atoms with van der Waals surface area (Å²) in [6.07, 6.45) is 10.8. The lowest BCUT2D eigenvalue weighted by atomic mass is 9.95. The largest absolute Gasteiger partial charge is 0.508 e. The molecule has 8 rings (SSSR count). The Labute approximate surface area is 252 Å². The fourth-order valence-corrected chi connectivity index (χ4v) is 7.95. The topological polar surface area (TPSA) is 95.8 Å². The molecular weight excluding hydrogens is 566 g/mol. The first-order valence-corrected chi connectivity index (χ1v) is 15.2. The highest BCUT2D eigenvalue weighted by Crippen LogP contribution is 2.41. The highest BCUT2D eigenvalue weighted by Gasteiger charge is 2.49. The van der Waals surface area contributed by atoms with Crippen LogP contribution in [0.1, 0.15) is 37.7 Å². The predicted molar refractivity (Wildman–Crippen MR) is 163 cm³/mol. The van der Waals surface area contributed by atoms with Gasteiger partial charge in [-0.3, -0.25) is 9.69 Å². The third-order valence-corrected chi connectivity index (χ3v) is 9.92. The summed E-state index contributed by atoms with van der Waals surface area (Å²) in [5.41, 5.74) is 0.109. The number of aromatic hydroxyl groups is 1. The number of hydrogen-bond acceptors (Lipinski definition) is 8. The number of benzene rings is 2. The number of ether oxygens (including phenoxy) is 1. The maximum atomic E-state index is 14.8. The van der Waals surface area contributed by atoms with Crippen molar-refractivity contribution in [3.63, 3.8) is 0 Å². The summed E-state index contributed by atoms with van der Waals surface area (Å²) in [6.45, 7) is 3.07. The zero-order valence-electron chi connectivity index (χ0n) is 24.1. The molecule has 226 valence electrons. The second-order valence-corrected chi connectivity index (χ2v) is 12.6. The van der Waals surface area contributed by atoms with Gasteiger partial charge in [-0.1, -0.05) is 12.0 Å². The molecule has 0 aliphatic carbocycles. The maximum Gasteiger partial charge on any atom is 0.298 e. The Morgan fingerprint density at radius 2 is 1.98 bits per heavy atom. The van der Waals surface area contributed by atoms with Gasteiger partial charge in [0.05, 0.1) is 28.7 Å². The van der Waals surface area contributed by atoms with Crippen LogP contribution in [-0.4, -0.2) is 81.4 Å². The molecule has 0 saturated carbocycles. The Morgan fingerprint density at radius 1 is 1.16 bits per heavy atom. The van der Waals surface area contributed by atoms with Crippen LogP contribution in [0.15, 0.2) is 41.3 Å². The van der Waals surface area contributed by atoms with Crippen LogP contribution < -0.4 is 20.5 Å². The molecule has 4 atom stereocenters. The van der Waals surface area contributed by atoms with Crippen molar-refractivity contribution in [3.05, 3.63) is 58.3 Å². The zero-order chi connectivity index (χ0) is 30.2. The third kappa shape index (κ3) is 4.31. The molecule has 2 N–H and O–H groups in total. The van der Waals surface area contributed by atoms with Gasteiger partial charge >= 0.3 is 0 Å². The molecule has 4 aromatic rings. The average Bonchev–Trinajstić information content (AvgIpc) is 3.66. The van der Waals surface area contributed by atoms with E-state index in [2.05, 4.69) is 26.1 Å². The monoisotopic (exact) mass is 598 g/mol. The summed E-state index contributed by atoms with van der Waals surface area (Å²) >= 11 is 0. The van der Waals surface area contributed by atoms with E-state index in [4.69, 9.17) is 16.1 Å². The summed E-state index contributed by atoms with van der Waals surface area (Å²) in [5, 5.41) is 20.0. The van der Waals surface area contributed by atoms with Crippen molar-refractivity contribution in [1.82, 2.24) is 25.0 Å². The van der Waals surface area contributed by atoms with E-state index in [1.165, 1.54) is 24.3 Å². The van der Waals surface area contributed by atoms with Crippen LogP contribution in [0.2, 0.25) is 0 Å². The van der Waals surface area contributed by atoms with Crippen molar-refractivity contribution in [1.29, 1.82) is 0 Å². The second-order valence-electron chi connectivity index (χ2n) is 12.6. The Kier molecular flexibility index (Phi) is 6.29. The zero-order valence-corrected chi connectivity index (χ0v) is 24.1. The molecule has 6 heterocycles. The normalized spacial score (nSPS) is 26.4. The van der Waals surface area contributed by atoms with Gasteiger partial charge < -0.3 is 20.1 Å². The van der Waals surface area contributed by atoms with Gasteiger partial charge in [0.15, 0.2) is 0 Å². The molecule has 4 saturated heterocycles. The molecule has 11 heteroatoms. The van der Waals surface area contributed by atoms with Crippen LogP contribution in [0.25, 0.3) is 27.4 Å². The lowest BCUT2D eigenvalue weighted by Gasteiger charge is -2.35. The maximum absolute atomic E-state index is 14.8. The number of phenolic OH excluding ortho intramolecular Hbond substituents is 1. The van der Waals surface area contributed by atoms with Gasteiger partial charge in [0.25, 0.3) is 5.56 Å². The second kappa shape index (κ2) is 10.1. The number of nitrogens with zero attached hydrogens (tertiary/aromatic N) is 5. The van der Waals surface area contributed by atoms with E-state index in [1.807, 2.05) is 6.07 Å². The van der Waals surface area contributed by atoms with Gasteiger partial charge in [0.1, 0.15) is 29.9 Å².